The monoisotopic (exact) mass is 733 g/mol. The summed E-state index contributed by atoms with van der Waals surface area (Å²) in [5, 5.41) is 6.17. The zero-order chi connectivity index (χ0) is 38.6. The molecule has 0 spiro atoms. The van der Waals surface area contributed by atoms with Crippen LogP contribution >= 0.6 is 0 Å². The van der Waals surface area contributed by atoms with E-state index in [1.165, 1.54) is 55.5 Å². The van der Waals surface area contributed by atoms with Crippen molar-refractivity contribution in [1.82, 2.24) is 0 Å². The molecule has 2 unspecified atom stereocenters. The zero-order valence-electron chi connectivity index (χ0n) is 33.8. The molecule has 4 aliphatic carbocycles. The van der Waals surface area contributed by atoms with Crippen LogP contribution in [0.4, 0.5) is 5.69 Å². The molecule has 1 aromatic heterocycles. The van der Waals surface area contributed by atoms with Crippen LogP contribution in [0.5, 0.6) is 0 Å². The van der Waals surface area contributed by atoms with Crippen LogP contribution in [-0.4, -0.2) is 0 Å². The predicted molar refractivity (Wildman–Crippen MR) is 241 cm³/mol. The Morgan fingerprint density at radius 3 is 2.64 bits per heavy atom. The number of hydrogen-bond acceptors (Lipinski definition) is 2. The quantitative estimate of drug-likeness (QED) is 0.176. The lowest BCUT2D eigenvalue weighted by atomic mass is 9.78. The SMILES string of the molecule is CC/C=C\c1c(C)cc(-c2ccccc2NC2=CCC/C(=C\C(=C/CC)C(C)C3=C4/C(=C\CC)C5=CCC=CC=C5C4CC=C3)C=C2)c2c1oc1ccccc12. The van der Waals surface area contributed by atoms with E-state index >= 15 is 0 Å². The van der Waals surface area contributed by atoms with Crippen molar-refractivity contribution in [3.05, 3.63) is 189 Å². The number of para-hydroxylation sites is 2. The number of benzene rings is 3. The van der Waals surface area contributed by atoms with Gasteiger partial charge in [0.25, 0.3) is 0 Å². The molecule has 0 aliphatic heterocycles. The largest absolute Gasteiger partial charge is 0.455 e. The molecule has 1 heterocycles. The Morgan fingerprint density at radius 1 is 0.929 bits per heavy atom. The Bertz CT molecular complexity index is 2520. The molecule has 4 aliphatic rings. The lowest BCUT2D eigenvalue weighted by Crippen LogP contribution is -2.12. The molecule has 2 heteroatoms. The molecule has 282 valence electrons. The van der Waals surface area contributed by atoms with Gasteiger partial charge in [0.15, 0.2) is 0 Å². The Kier molecular flexibility index (Phi) is 11.1. The molecule has 2 atom stereocenters. The summed E-state index contributed by atoms with van der Waals surface area (Å²) in [6.45, 7) is 11.3. The van der Waals surface area contributed by atoms with Gasteiger partial charge >= 0.3 is 0 Å². The number of nitrogens with one attached hydrogen (secondary N) is 1. The topological polar surface area (TPSA) is 25.2 Å². The number of hydrogen-bond donors (Lipinski definition) is 1. The van der Waals surface area contributed by atoms with E-state index in [0.29, 0.717) is 11.8 Å². The Hall–Kier alpha value is -5.60. The molecule has 0 bridgehead atoms. The zero-order valence-corrected chi connectivity index (χ0v) is 33.8. The van der Waals surface area contributed by atoms with E-state index in [4.69, 9.17) is 4.42 Å². The van der Waals surface area contributed by atoms with E-state index in [1.807, 2.05) is 0 Å². The number of rotatable bonds is 10. The summed E-state index contributed by atoms with van der Waals surface area (Å²) in [6, 6.07) is 19.5. The smallest absolute Gasteiger partial charge is 0.143 e. The first kappa shape index (κ1) is 37.3. The van der Waals surface area contributed by atoms with Crippen LogP contribution in [-0.2, 0) is 0 Å². The average Bonchev–Trinajstić information content (AvgIpc) is 3.49. The number of anilines is 1. The summed E-state index contributed by atoms with van der Waals surface area (Å²) in [7, 11) is 0. The fourth-order valence-electron chi connectivity index (χ4n) is 9.16. The predicted octanol–water partition coefficient (Wildman–Crippen LogP) is 15.6. The van der Waals surface area contributed by atoms with Gasteiger partial charge in [0.05, 0.1) is 0 Å². The van der Waals surface area contributed by atoms with Gasteiger partial charge in [-0.2, -0.15) is 0 Å². The highest BCUT2D eigenvalue weighted by atomic mass is 16.3. The summed E-state index contributed by atoms with van der Waals surface area (Å²) in [5.74, 6) is 0.745. The molecule has 1 saturated carbocycles. The Balaban J connectivity index is 1.10. The van der Waals surface area contributed by atoms with Gasteiger partial charge in [-0.05, 0) is 126 Å². The van der Waals surface area contributed by atoms with E-state index < -0.39 is 0 Å². The van der Waals surface area contributed by atoms with Crippen LogP contribution in [0.3, 0.4) is 0 Å². The minimum atomic E-state index is 0.299. The minimum absolute atomic E-state index is 0.299. The first-order valence-electron chi connectivity index (χ1n) is 21.0. The van der Waals surface area contributed by atoms with E-state index in [0.717, 1.165) is 78.4 Å². The van der Waals surface area contributed by atoms with Crippen molar-refractivity contribution in [3.63, 3.8) is 0 Å². The van der Waals surface area contributed by atoms with Gasteiger partial charge in [-0.1, -0.05) is 143 Å². The first-order chi connectivity index (χ1) is 27.5. The van der Waals surface area contributed by atoms with Crippen molar-refractivity contribution in [1.29, 1.82) is 0 Å². The van der Waals surface area contributed by atoms with E-state index in [9.17, 15) is 0 Å². The van der Waals surface area contributed by atoms with E-state index in [-0.39, 0.29) is 0 Å². The van der Waals surface area contributed by atoms with Crippen LogP contribution in [0.15, 0.2) is 183 Å². The first-order valence-corrected chi connectivity index (χ1v) is 21.0. The maximum atomic E-state index is 6.59. The second-order valence-electron chi connectivity index (χ2n) is 15.5. The molecule has 4 aromatic rings. The molecule has 1 N–H and O–H groups in total. The second kappa shape index (κ2) is 16.6. The fraction of sp³-hybridized carbons (Fsp3) is 0.259. The van der Waals surface area contributed by atoms with E-state index in [1.54, 1.807) is 5.57 Å². The van der Waals surface area contributed by atoms with Crippen LogP contribution < -0.4 is 5.32 Å². The summed E-state index contributed by atoms with van der Waals surface area (Å²) in [5.41, 5.74) is 19.1. The highest BCUT2D eigenvalue weighted by molar-refractivity contribution is 6.15. The lowest BCUT2D eigenvalue weighted by molar-refractivity contribution is 0.667. The molecule has 56 heavy (non-hydrogen) atoms. The number of allylic oxidation sites excluding steroid dienone is 20. The van der Waals surface area contributed by atoms with E-state index in [2.05, 4.69) is 180 Å². The standard InChI is InChI=1S/C54H55NO/c1-6-9-23-41-36(4)34-49(53-48-27-14-16-31-51(48)56-54(41)53)45-26-13-15-30-50(45)55-40-22-17-21-38(32-33-40)35-39(19-7-2)37(5)42-28-18-29-47-44-25-12-10-11-24-43(44)46(20-8-3)52(42)47/h9-10,12-16,18-20,22-28,30-35,37,47,55H,6-8,11,17,21,29H2,1-5H3/b23-9-,38-35+,39-19+,46-20-. The molecule has 1 fully saturated rings. The number of fused-ring (bicyclic) bond motifs is 6. The van der Waals surface area contributed by atoms with Crippen molar-refractivity contribution < 1.29 is 4.42 Å². The molecule has 0 radical (unpaired) electrons. The maximum Gasteiger partial charge on any atom is 0.143 e. The van der Waals surface area contributed by atoms with Crippen LogP contribution in [0.2, 0.25) is 0 Å². The van der Waals surface area contributed by atoms with Gasteiger partial charge in [0, 0.05) is 45.1 Å². The molecule has 0 amide bonds. The summed E-state index contributed by atoms with van der Waals surface area (Å²) < 4.78 is 6.59. The summed E-state index contributed by atoms with van der Waals surface area (Å²) >= 11 is 0. The molecular weight excluding hydrogens is 679 g/mol. The van der Waals surface area contributed by atoms with Crippen LogP contribution in [0, 0.1) is 18.8 Å². The average molecular weight is 734 g/mol. The van der Waals surface area contributed by atoms with Gasteiger partial charge in [-0.25, -0.2) is 0 Å². The number of furan rings is 1. The summed E-state index contributed by atoms with van der Waals surface area (Å²) in [6.07, 6.45) is 40.1. The number of aryl methyl sites for hydroxylation is 1. The molecule has 2 nitrogen and oxygen atoms in total. The van der Waals surface area contributed by atoms with Gasteiger partial charge in [0.2, 0.25) is 0 Å². The second-order valence-corrected chi connectivity index (χ2v) is 15.5. The third-order valence-corrected chi connectivity index (χ3v) is 11.8. The van der Waals surface area contributed by atoms with Gasteiger partial charge in [-0.3, -0.25) is 0 Å². The molecule has 3 aromatic carbocycles. The fourth-order valence-corrected chi connectivity index (χ4v) is 9.16. The van der Waals surface area contributed by atoms with Gasteiger partial charge < -0.3 is 9.73 Å². The molecule has 8 rings (SSSR count). The van der Waals surface area contributed by atoms with Crippen molar-refractivity contribution in [2.75, 3.05) is 5.32 Å². The normalized spacial score (nSPS) is 20.4. The Morgan fingerprint density at radius 2 is 1.79 bits per heavy atom. The van der Waals surface area contributed by atoms with Gasteiger partial charge in [-0.15, -0.1) is 0 Å². The lowest BCUT2D eigenvalue weighted by Gasteiger charge is -2.25. The highest BCUT2D eigenvalue weighted by Gasteiger charge is 2.37. The highest BCUT2D eigenvalue weighted by Crippen LogP contribution is 2.52. The maximum absolute atomic E-state index is 6.59. The van der Waals surface area contributed by atoms with Gasteiger partial charge in [0.1, 0.15) is 11.2 Å². The third-order valence-electron chi connectivity index (χ3n) is 11.8. The van der Waals surface area contributed by atoms with Crippen LogP contribution in [0.1, 0.15) is 83.8 Å². The van der Waals surface area contributed by atoms with Crippen molar-refractivity contribution in [2.45, 2.75) is 79.6 Å². The Labute approximate surface area is 334 Å². The molecular formula is C54H55NO. The summed E-state index contributed by atoms with van der Waals surface area (Å²) in [4.78, 5) is 0. The third kappa shape index (κ3) is 7.14. The van der Waals surface area contributed by atoms with Crippen molar-refractivity contribution in [3.8, 4) is 11.1 Å². The molecule has 0 saturated heterocycles. The van der Waals surface area contributed by atoms with Crippen molar-refractivity contribution >= 4 is 33.7 Å². The van der Waals surface area contributed by atoms with Crippen molar-refractivity contribution in [2.24, 2.45) is 11.8 Å². The minimum Gasteiger partial charge on any atom is -0.455 e. The van der Waals surface area contributed by atoms with Crippen LogP contribution in [0.25, 0.3) is 39.1 Å².